The van der Waals surface area contributed by atoms with Gasteiger partial charge in [0, 0.05) is 19.2 Å². The first-order valence-corrected chi connectivity index (χ1v) is 8.53. The van der Waals surface area contributed by atoms with Crippen LogP contribution in [0.4, 0.5) is 0 Å². The maximum Gasteiger partial charge on any atom is 0.238 e. The maximum absolute atomic E-state index is 11.7. The van der Waals surface area contributed by atoms with Crippen molar-refractivity contribution in [1.82, 2.24) is 4.31 Å². The van der Waals surface area contributed by atoms with Crippen LogP contribution in [0.3, 0.4) is 0 Å². The fraction of sp³-hybridized carbons (Fsp3) is 0.571. The van der Waals surface area contributed by atoms with E-state index in [1.807, 2.05) is 32.0 Å². The van der Waals surface area contributed by atoms with Gasteiger partial charge in [-0.25, -0.2) is 8.42 Å². The van der Waals surface area contributed by atoms with Crippen molar-refractivity contribution in [2.24, 2.45) is 0 Å². The highest BCUT2D eigenvalue weighted by Gasteiger charge is 2.25. The van der Waals surface area contributed by atoms with Crippen molar-refractivity contribution in [3.05, 3.63) is 24.3 Å². The number of sulfonamides is 1. The van der Waals surface area contributed by atoms with Crippen LogP contribution in [0.5, 0.6) is 11.5 Å². The standard InChI is InChI=1S/C14H21NO5S/c1-12(2)20-14-5-3-4-13(10-14)19-9-7-15-6-8-18-11-21(15,16)17/h3-5,10,12H,6-9,11H2,1-2H3. The van der Waals surface area contributed by atoms with Gasteiger partial charge in [0.2, 0.25) is 10.0 Å². The molecule has 7 heteroatoms. The van der Waals surface area contributed by atoms with Crippen LogP contribution in [0.15, 0.2) is 24.3 Å². The lowest BCUT2D eigenvalue weighted by atomic mass is 10.3. The predicted molar refractivity (Wildman–Crippen MR) is 79.0 cm³/mol. The molecule has 0 aromatic heterocycles. The quantitative estimate of drug-likeness (QED) is 0.795. The van der Waals surface area contributed by atoms with Crippen LogP contribution >= 0.6 is 0 Å². The second-order valence-corrected chi connectivity index (χ2v) is 6.94. The molecule has 0 amide bonds. The van der Waals surface area contributed by atoms with Crippen molar-refractivity contribution in [2.75, 3.05) is 32.2 Å². The minimum absolute atomic E-state index is 0.0961. The van der Waals surface area contributed by atoms with Crippen molar-refractivity contribution in [1.29, 1.82) is 0 Å². The van der Waals surface area contributed by atoms with E-state index in [0.29, 0.717) is 32.1 Å². The molecule has 2 rings (SSSR count). The van der Waals surface area contributed by atoms with E-state index >= 15 is 0 Å². The van der Waals surface area contributed by atoms with Gasteiger partial charge in [-0.05, 0) is 26.0 Å². The van der Waals surface area contributed by atoms with Gasteiger partial charge in [-0.3, -0.25) is 0 Å². The molecule has 0 radical (unpaired) electrons. The lowest BCUT2D eigenvalue weighted by Crippen LogP contribution is -2.43. The summed E-state index contributed by atoms with van der Waals surface area (Å²) in [5.41, 5.74) is 0. The van der Waals surface area contributed by atoms with Crippen LogP contribution < -0.4 is 9.47 Å². The average molecular weight is 315 g/mol. The first-order chi connectivity index (χ1) is 9.97. The smallest absolute Gasteiger partial charge is 0.238 e. The molecule has 0 aliphatic carbocycles. The summed E-state index contributed by atoms with van der Waals surface area (Å²) in [6, 6.07) is 7.33. The van der Waals surface area contributed by atoms with Crippen molar-refractivity contribution >= 4 is 10.0 Å². The Morgan fingerprint density at radius 2 is 2.10 bits per heavy atom. The second kappa shape index (κ2) is 7.11. The molecule has 1 aromatic carbocycles. The van der Waals surface area contributed by atoms with E-state index < -0.39 is 10.0 Å². The normalized spacial score (nSPS) is 18.6. The van der Waals surface area contributed by atoms with Crippen LogP contribution in [0.2, 0.25) is 0 Å². The highest BCUT2D eigenvalue weighted by molar-refractivity contribution is 7.88. The van der Waals surface area contributed by atoms with Crippen LogP contribution in [0.1, 0.15) is 13.8 Å². The molecule has 21 heavy (non-hydrogen) atoms. The van der Waals surface area contributed by atoms with Gasteiger partial charge in [0.1, 0.15) is 18.1 Å². The Morgan fingerprint density at radius 1 is 1.33 bits per heavy atom. The van der Waals surface area contributed by atoms with Crippen LogP contribution in [-0.4, -0.2) is 51.1 Å². The van der Waals surface area contributed by atoms with Crippen molar-refractivity contribution < 1.29 is 22.6 Å². The Hall–Kier alpha value is -1.31. The maximum atomic E-state index is 11.7. The summed E-state index contributed by atoms with van der Waals surface area (Å²) in [7, 11) is -3.30. The largest absolute Gasteiger partial charge is 0.492 e. The van der Waals surface area contributed by atoms with Gasteiger partial charge >= 0.3 is 0 Å². The van der Waals surface area contributed by atoms with Crippen molar-refractivity contribution in [3.63, 3.8) is 0 Å². The Balaban J connectivity index is 1.85. The van der Waals surface area contributed by atoms with Crippen LogP contribution in [-0.2, 0) is 14.8 Å². The molecule has 0 spiro atoms. The third kappa shape index (κ3) is 4.87. The Morgan fingerprint density at radius 3 is 2.81 bits per heavy atom. The Kier molecular flexibility index (Phi) is 5.44. The number of benzene rings is 1. The number of ether oxygens (including phenoxy) is 3. The number of hydrogen-bond donors (Lipinski definition) is 0. The molecule has 1 heterocycles. The molecule has 1 aliphatic heterocycles. The highest BCUT2D eigenvalue weighted by Crippen LogP contribution is 2.20. The van der Waals surface area contributed by atoms with Gasteiger partial charge in [0.05, 0.1) is 12.7 Å². The van der Waals surface area contributed by atoms with E-state index in [1.54, 1.807) is 6.07 Å². The summed E-state index contributed by atoms with van der Waals surface area (Å²) in [4.78, 5) is 0. The molecule has 118 valence electrons. The predicted octanol–water partition coefficient (Wildman–Crippen LogP) is 1.47. The van der Waals surface area contributed by atoms with E-state index in [0.717, 1.165) is 5.75 Å². The molecular weight excluding hydrogens is 294 g/mol. The molecule has 1 saturated heterocycles. The van der Waals surface area contributed by atoms with Gasteiger partial charge in [-0.1, -0.05) is 6.07 Å². The molecule has 6 nitrogen and oxygen atoms in total. The molecule has 0 unspecified atom stereocenters. The molecule has 0 saturated carbocycles. The van der Waals surface area contributed by atoms with E-state index in [9.17, 15) is 8.42 Å². The summed E-state index contributed by atoms with van der Waals surface area (Å²) >= 11 is 0. The summed E-state index contributed by atoms with van der Waals surface area (Å²) in [6.07, 6.45) is 0.0961. The monoisotopic (exact) mass is 315 g/mol. The van der Waals surface area contributed by atoms with Crippen LogP contribution in [0, 0.1) is 0 Å². The fourth-order valence-corrected chi connectivity index (χ4v) is 3.15. The van der Waals surface area contributed by atoms with Gasteiger partial charge in [-0.15, -0.1) is 0 Å². The van der Waals surface area contributed by atoms with Gasteiger partial charge in [0.15, 0.2) is 5.94 Å². The molecule has 1 aromatic rings. The minimum atomic E-state index is -3.30. The average Bonchev–Trinajstić information content (AvgIpc) is 2.40. The van der Waals surface area contributed by atoms with E-state index in [2.05, 4.69) is 0 Å². The van der Waals surface area contributed by atoms with Crippen molar-refractivity contribution in [3.8, 4) is 11.5 Å². The lowest BCUT2D eigenvalue weighted by molar-refractivity contribution is 0.126. The van der Waals surface area contributed by atoms with Crippen LogP contribution in [0.25, 0.3) is 0 Å². The first-order valence-electron chi connectivity index (χ1n) is 6.92. The summed E-state index contributed by atoms with van der Waals surface area (Å²) in [5.74, 6) is 1.16. The third-order valence-electron chi connectivity index (χ3n) is 2.90. The first kappa shape index (κ1) is 16.1. The third-order valence-corrected chi connectivity index (χ3v) is 4.51. The highest BCUT2D eigenvalue weighted by atomic mass is 32.2. The Bertz CT molecular complexity index is 558. The zero-order chi connectivity index (χ0) is 15.3. The van der Waals surface area contributed by atoms with Crippen molar-refractivity contribution in [2.45, 2.75) is 20.0 Å². The van der Waals surface area contributed by atoms with Gasteiger partial charge in [-0.2, -0.15) is 4.31 Å². The molecular formula is C14H21NO5S. The summed E-state index contributed by atoms with van der Waals surface area (Å²) in [6.45, 7) is 5.33. The SMILES string of the molecule is CC(C)Oc1cccc(OCCN2CCOCS2(=O)=O)c1. The molecule has 0 N–H and O–H groups in total. The summed E-state index contributed by atoms with van der Waals surface area (Å²) in [5, 5.41) is 0. The molecule has 0 atom stereocenters. The second-order valence-electron chi connectivity index (χ2n) is 5.03. The molecule has 1 fully saturated rings. The molecule has 1 aliphatic rings. The number of nitrogens with zero attached hydrogens (tertiary/aromatic N) is 1. The Labute approximate surface area is 125 Å². The van der Waals surface area contributed by atoms with Gasteiger partial charge in [0.25, 0.3) is 0 Å². The topological polar surface area (TPSA) is 65.1 Å². The van der Waals surface area contributed by atoms with E-state index in [4.69, 9.17) is 14.2 Å². The zero-order valence-corrected chi connectivity index (χ0v) is 13.1. The zero-order valence-electron chi connectivity index (χ0n) is 12.3. The lowest BCUT2D eigenvalue weighted by Gasteiger charge is -2.26. The van der Waals surface area contributed by atoms with E-state index in [1.165, 1.54) is 4.31 Å². The van der Waals surface area contributed by atoms with Gasteiger partial charge < -0.3 is 14.2 Å². The van der Waals surface area contributed by atoms with E-state index in [-0.39, 0.29) is 12.0 Å². The summed E-state index contributed by atoms with van der Waals surface area (Å²) < 4.78 is 41.0. The fourth-order valence-electron chi connectivity index (χ4n) is 1.97. The molecule has 0 bridgehead atoms. The minimum Gasteiger partial charge on any atom is -0.492 e. The number of rotatable bonds is 6. The number of hydrogen-bond acceptors (Lipinski definition) is 5.